The van der Waals surface area contributed by atoms with Crippen molar-refractivity contribution in [1.82, 2.24) is 4.90 Å². The third-order valence-electron chi connectivity index (χ3n) is 3.97. The second-order valence-electron chi connectivity index (χ2n) is 5.67. The van der Waals surface area contributed by atoms with Crippen LogP contribution in [0.4, 0.5) is 11.4 Å². The van der Waals surface area contributed by atoms with Gasteiger partial charge in [0.05, 0.1) is 4.92 Å². The first-order valence-corrected chi connectivity index (χ1v) is 7.77. The lowest BCUT2D eigenvalue weighted by Gasteiger charge is -2.24. The van der Waals surface area contributed by atoms with Crippen LogP contribution < -0.4 is 5.32 Å². The molecule has 0 bridgehead atoms. The second-order valence-corrected chi connectivity index (χ2v) is 5.67. The maximum absolute atomic E-state index is 12.0. The normalized spacial score (nSPS) is 12.0. The first-order valence-electron chi connectivity index (χ1n) is 7.77. The molecule has 0 aliphatic carbocycles. The number of hydrogen-bond acceptors (Lipinski definition) is 4. The number of para-hydroxylation sites is 1. The number of amides is 1. The predicted octanol–water partition coefficient (Wildman–Crippen LogP) is 3.62. The van der Waals surface area contributed by atoms with Gasteiger partial charge in [-0.1, -0.05) is 30.3 Å². The number of non-ortho nitro benzene ring substituents is 1. The SMILES string of the molecule is CC(c1cccc([N+](=O)[O-])c1)N(C)CCC(=O)Nc1ccccc1. The maximum atomic E-state index is 12.0. The van der Waals surface area contributed by atoms with Crippen molar-refractivity contribution in [1.29, 1.82) is 0 Å². The van der Waals surface area contributed by atoms with Gasteiger partial charge in [0.15, 0.2) is 0 Å². The molecule has 2 rings (SSSR count). The molecule has 0 heterocycles. The van der Waals surface area contributed by atoms with Crippen LogP contribution in [-0.4, -0.2) is 29.3 Å². The summed E-state index contributed by atoms with van der Waals surface area (Å²) in [5.41, 5.74) is 1.71. The monoisotopic (exact) mass is 327 g/mol. The van der Waals surface area contributed by atoms with Crippen LogP contribution in [-0.2, 0) is 4.79 Å². The molecule has 1 amide bonds. The molecule has 6 heteroatoms. The van der Waals surface area contributed by atoms with Crippen LogP contribution in [0, 0.1) is 10.1 Å². The van der Waals surface area contributed by atoms with E-state index in [0.29, 0.717) is 13.0 Å². The Morgan fingerprint density at radius 2 is 1.92 bits per heavy atom. The lowest BCUT2D eigenvalue weighted by molar-refractivity contribution is -0.384. The van der Waals surface area contributed by atoms with E-state index in [9.17, 15) is 14.9 Å². The number of nitrogens with zero attached hydrogens (tertiary/aromatic N) is 2. The number of carbonyl (C=O) groups excluding carboxylic acids is 1. The summed E-state index contributed by atoms with van der Waals surface area (Å²) in [6.07, 6.45) is 0.352. The van der Waals surface area contributed by atoms with Crippen molar-refractivity contribution >= 4 is 17.3 Å². The number of carbonyl (C=O) groups is 1. The van der Waals surface area contributed by atoms with Gasteiger partial charge in [-0.25, -0.2) is 0 Å². The minimum atomic E-state index is -0.399. The Morgan fingerprint density at radius 1 is 1.21 bits per heavy atom. The zero-order valence-corrected chi connectivity index (χ0v) is 13.8. The Morgan fingerprint density at radius 3 is 2.58 bits per heavy atom. The molecule has 24 heavy (non-hydrogen) atoms. The summed E-state index contributed by atoms with van der Waals surface area (Å²) in [7, 11) is 1.90. The number of nitrogens with one attached hydrogen (secondary N) is 1. The predicted molar refractivity (Wildman–Crippen MR) is 93.8 cm³/mol. The summed E-state index contributed by atoms with van der Waals surface area (Å²) >= 11 is 0. The molecule has 0 radical (unpaired) electrons. The van der Waals surface area contributed by atoms with Gasteiger partial charge in [0.25, 0.3) is 5.69 Å². The number of anilines is 1. The lowest BCUT2D eigenvalue weighted by Crippen LogP contribution is -2.27. The van der Waals surface area contributed by atoms with Crippen molar-refractivity contribution in [2.45, 2.75) is 19.4 Å². The van der Waals surface area contributed by atoms with Gasteiger partial charge in [-0.15, -0.1) is 0 Å². The van der Waals surface area contributed by atoms with Crippen molar-refractivity contribution < 1.29 is 9.72 Å². The minimum absolute atomic E-state index is 0.0191. The zero-order valence-electron chi connectivity index (χ0n) is 13.8. The molecule has 0 aromatic heterocycles. The Hall–Kier alpha value is -2.73. The number of nitro benzene ring substituents is 1. The summed E-state index contributed by atoms with van der Waals surface area (Å²) in [5.74, 6) is -0.0562. The molecular weight excluding hydrogens is 306 g/mol. The molecule has 0 spiro atoms. The molecule has 2 aromatic carbocycles. The van der Waals surface area contributed by atoms with E-state index in [0.717, 1.165) is 11.3 Å². The Kier molecular flexibility index (Phi) is 6.03. The second kappa shape index (κ2) is 8.21. The van der Waals surface area contributed by atoms with Crippen LogP contribution in [0.25, 0.3) is 0 Å². The van der Waals surface area contributed by atoms with Gasteiger partial charge in [-0.2, -0.15) is 0 Å². The van der Waals surface area contributed by atoms with Crippen molar-refractivity contribution in [3.63, 3.8) is 0 Å². The molecule has 0 aliphatic rings. The van der Waals surface area contributed by atoms with Crippen molar-refractivity contribution in [3.8, 4) is 0 Å². The maximum Gasteiger partial charge on any atom is 0.269 e. The lowest BCUT2D eigenvalue weighted by atomic mass is 10.1. The molecule has 126 valence electrons. The van der Waals surface area contributed by atoms with E-state index in [1.807, 2.05) is 55.3 Å². The zero-order chi connectivity index (χ0) is 17.5. The summed E-state index contributed by atoms with van der Waals surface area (Å²) in [6, 6.07) is 15.9. The van der Waals surface area contributed by atoms with E-state index in [1.165, 1.54) is 6.07 Å². The molecule has 0 saturated heterocycles. The molecule has 0 aliphatic heterocycles. The average Bonchev–Trinajstić information content (AvgIpc) is 2.60. The molecule has 6 nitrogen and oxygen atoms in total. The van der Waals surface area contributed by atoms with Crippen LogP contribution in [0.5, 0.6) is 0 Å². The highest BCUT2D eigenvalue weighted by atomic mass is 16.6. The van der Waals surface area contributed by atoms with Gasteiger partial charge in [-0.3, -0.25) is 19.8 Å². The van der Waals surface area contributed by atoms with Crippen LogP contribution in [0.3, 0.4) is 0 Å². The fourth-order valence-corrected chi connectivity index (χ4v) is 2.37. The third-order valence-corrected chi connectivity index (χ3v) is 3.97. The largest absolute Gasteiger partial charge is 0.326 e. The highest BCUT2D eigenvalue weighted by Gasteiger charge is 2.15. The van der Waals surface area contributed by atoms with Gasteiger partial charge in [-0.05, 0) is 31.7 Å². The number of benzene rings is 2. The van der Waals surface area contributed by atoms with Crippen molar-refractivity contribution in [3.05, 3.63) is 70.3 Å². The first kappa shape index (κ1) is 17.6. The summed E-state index contributed by atoms with van der Waals surface area (Å²) < 4.78 is 0. The van der Waals surface area contributed by atoms with Gasteiger partial charge in [0.2, 0.25) is 5.91 Å². The number of hydrogen-bond donors (Lipinski definition) is 1. The molecule has 0 fully saturated rings. The highest BCUT2D eigenvalue weighted by molar-refractivity contribution is 5.90. The van der Waals surface area contributed by atoms with E-state index in [1.54, 1.807) is 12.1 Å². The van der Waals surface area contributed by atoms with Gasteiger partial charge in [0, 0.05) is 36.8 Å². The van der Waals surface area contributed by atoms with Crippen molar-refractivity contribution in [2.24, 2.45) is 0 Å². The minimum Gasteiger partial charge on any atom is -0.326 e. The van der Waals surface area contributed by atoms with E-state index >= 15 is 0 Å². The number of nitro groups is 1. The quantitative estimate of drug-likeness (QED) is 0.622. The molecule has 1 N–H and O–H groups in total. The molecule has 1 atom stereocenters. The van der Waals surface area contributed by atoms with E-state index in [4.69, 9.17) is 0 Å². The summed E-state index contributed by atoms with van der Waals surface area (Å²) in [4.78, 5) is 24.5. The van der Waals surface area contributed by atoms with Crippen LogP contribution >= 0.6 is 0 Å². The molecule has 0 saturated carbocycles. The fourth-order valence-electron chi connectivity index (χ4n) is 2.37. The Bertz CT molecular complexity index is 704. The smallest absolute Gasteiger partial charge is 0.269 e. The van der Waals surface area contributed by atoms with Gasteiger partial charge in [0.1, 0.15) is 0 Å². The van der Waals surface area contributed by atoms with Crippen LogP contribution in [0.1, 0.15) is 24.9 Å². The number of rotatable bonds is 7. The highest BCUT2D eigenvalue weighted by Crippen LogP contribution is 2.23. The molecule has 1 unspecified atom stereocenters. The summed E-state index contributed by atoms with van der Waals surface area (Å²) in [6.45, 7) is 2.52. The topological polar surface area (TPSA) is 75.5 Å². The van der Waals surface area contributed by atoms with Crippen LogP contribution in [0.15, 0.2) is 54.6 Å². The Balaban J connectivity index is 1.89. The van der Waals surface area contributed by atoms with Gasteiger partial charge >= 0.3 is 0 Å². The fraction of sp³-hybridized carbons (Fsp3) is 0.278. The van der Waals surface area contributed by atoms with E-state index in [2.05, 4.69) is 5.32 Å². The summed E-state index contributed by atoms with van der Waals surface area (Å²) in [5, 5.41) is 13.7. The van der Waals surface area contributed by atoms with Crippen LogP contribution in [0.2, 0.25) is 0 Å². The van der Waals surface area contributed by atoms with Gasteiger partial charge < -0.3 is 5.32 Å². The first-order chi connectivity index (χ1) is 11.5. The average molecular weight is 327 g/mol. The third kappa shape index (κ3) is 4.89. The molecule has 2 aromatic rings. The molecular formula is C18H21N3O3. The van der Waals surface area contributed by atoms with E-state index < -0.39 is 4.92 Å². The van der Waals surface area contributed by atoms with E-state index in [-0.39, 0.29) is 17.6 Å². The standard InChI is InChI=1S/C18H21N3O3/c1-14(15-7-6-10-17(13-15)21(23)24)20(2)12-11-18(22)19-16-8-4-3-5-9-16/h3-10,13-14H,11-12H2,1-2H3,(H,19,22). The Labute approximate surface area is 141 Å². The van der Waals surface area contributed by atoms with Crippen molar-refractivity contribution in [2.75, 3.05) is 18.9 Å².